The van der Waals surface area contributed by atoms with Gasteiger partial charge in [0.25, 0.3) is 0 Å². The first-order chi connectivity index (χ1) is 14.0. The first-order valence-corrected chi connectivity index (χ1v) is 11.0. The van der Waals surface area contributed by atoms with Crippen LogP contribution in [-0.2, 0) is 12.8 Å². The smallest absolute Gasteiger partial charge is 0.511 e. The molecule has 29 heavy (non-hydrogen) atoms. The highest BCUT2D eigenvalue weighted by molar-refractivity contribution is 6.62. The molecule has 0 aliphatic heterocycles. The van der Waals surface area contributed by atoms with Gasteiger partial charge in [0.05, 0.1) is 0 Å². The number of hydrogen-bond acceptors (Lipinski definition) is 5. The monoisotopic (exact) mass is 400 g/mol. The second-order valence-electron chi connectivity index (χ2n) is 7.73. The van der Waals surface area contributed by atoms with E-state index in [-0.39, 0.29) is 0 Å². The molecule has 0 atom stereocenters. The molecule has 0 aliphatic carbocycles. The Morgan fingerprint density at radius 3 is 1.79 bits per heavy atom. The molecule has 0 bridgehead atoms. The number of fused-ring (bicyclic) bond motifs is 1. The van der Waals surface area contributed by atoms with Crippen LogP contribution in [0, 0.1) is 0 Å². The van der Waals surface area contributed by atoms with Crippen molar-refractivity contribution in [3.05, 3.63) is 35.4 Å². The van der Waals surface area contributed by atoms with Crippen LogP contribution in [0.5, 0.6) is 5.75 Å². The minimum absolute atomic E-state index is 0.411. The van der Waals surface area contributed by atoms with E-state index in [1.807, 2.05) is 24.3 Å². The van der Waals surface area contributed by atoms with Gasteiger partial charge in [0.15, 0.2) is 0 Å². The summed E-state index contributed by atoms with van der Waals surface area (Å²) in [5.74, 6) is 0.411. The van der Waals surface area contributed by atoms with Crippen molar-refractivity contribution >= 4 is 30.7 Å². The summed E-state index contributed by atoms with van der Waals surface area (Å²) in [6.45, 7) is 4.32. The van der Waals surface area contributed by atoms with Crippen molar-refractivity contribution in [3.8, 4) is 5.75 Å². The molecule has 0 radical (unpaired) electrons. The summed E-state index contributed by atoms with van der Waals surface area (Å²) < 4.78 is 5.35. The Labute approximate surface area is 175 Å². The predicted molar refractivity (Wildman–Crippen MR) is 120 cm³/mol. The van der Waals surface area contributed by atoms with Crippen LogP contribution in [0.2, 0.25) is 0 Å². The van der Waals surface area contributed by atoms with Crippen molar-refractivity contribution in [2.24, 2.45) is 0 Å². The van der Waals surface area contributed by atoms with E-state index >= 15 is 0 Å². The zero-order valence-corrected chi connectivity index (χ0v) is 17.7. The zero-order chi connectivity index (χ0) is 21.2. The number of hydrogen-bond donors (Lipinski definition) is 4. The van der Waals surface area contributed by atoms with Crippen LogP contribution in [0.4, 0.5) is 0 Å². The molecule has 2 rings (SSSR count). The summed E-state index contributed by atoms with van der Waals surface area (Å²) >= 11 is 0. The van der Waals surface area contributed by atoms with Gasteiger partial charge in [0, 0.05) is 5.39 Å². The molecule has 0 saturated heterocycles. The molecular weight excluding hydrogens is 366 g/mol. The molecule has 0 heterocycles. The van der Waals surface area contributed by atoms with Crippen molar-refractivity contribution in [2.45, 2.75) is 78.1 Å². The third kappa shape index (κ3) is 6.75. The molecule has 158 valence electrons. The van der Waals surface area contributed by atoms with E-state index in [0.717, 1.165) is 68.9 Å². The summed E-state index contributed by atoms with van der Waals surface area (Å²) in [5, 5.41) is 40.3. The standard InChI is InChI=1S/C22H34B2O5/c1-3-5-7-9-11-17-13-16-20-19(21(17)23(25)26)15-14-18(12-10-8-6-4-2)22(20)29-24(27)28/h13-16,25-28H,3-12H2,1-2H3. The van der Waals surface area contributed by atoms with Gasteiger partial charge in [-0.15, -0.1) is 0 Å². The van der Waals surface area contributed by atoms with Crippen molar-refractivity contribution in [1.82, 2.24) is 0 Å². The summed E-state index contributed by atoms with van der Waals surface area (Å²) in [4.78, 5) is 0. The van der Waals surface area contributed by atoms with Crippen LogP contribution in [0.1, 0.15) is 76.3 Å². The van der Waals surface area contributed by atoms with Crippen LogP contribution >= 0.6 is 0 Å². The van der Waals surface area contributed by atoms with Gasteiger partial charge < -0.3 is 24.8 Å². The first-order valence-electron chi connectivity index (χ1n) is 11.0. The highest BCUT2D eigenvalue weighted by Crippen LogP contribution is 2.32. The van der Waals surface area contributed by atoms with Gasteiger partial charge in [0.1, 0.15) is 5.75 Å². The molecular formula is C22H34B2O5. The Morgan fingerprint density at radius 2 is 1.24 bits per heavy atom. The van der Waals surface area contributed by atoms with Gasteiger partial charge in [-0.05, 0) is 47.7 Å². The molecule has 4 N–H and O–H groups in total. The quantitative estimate of drug-likeness (QED) is 0.307. The van der Waals surface area contributed by atoms with Crippen LogP contribution in [0.25, 0.3) is 10.8 Å². The first kappa shape index (κ1) is 23.7. The maximum Gasteiger partial charge on any atom is 0.707 e. The summed E-state index contributed by atoms with van der Waals surface area (Å²) in [6, 6.07) is 7.59. The predicted octanol–water partition coefficient (Wildman–Crippen LogP) is 3.11. The second-order valence-corrected chi connectivity index (χ2v) is 7.73. The van der Waals surface area contributed by atoms with Crippen molar-refractivity contribution < 1.29 is 24.8 Å². The topological polar surface area (TPSA) is 90.2 Å². The minimum atomic E-state index is -1.92. The maximum absolute atomic E-state index is 10.1. The molecule has 0 spiro atoms. The number of aryl methyl sites for hydroxylation is 2. The van der Waals surface area contributed by atoms with Crippen LogP contribution in [-0.4, -0.2) is 34.5 Å². The number of unbranched alkanes of at least 4 members (excludes halogenated alkanes) is 6. The largest absolute Gasteiger partial charge is 0.707 e. The Morgan fingerprint density at radius 1 is 0.690 bits per heavy atom. The van der Waals surface area contributed by atoms with Crippen LogP contribution in [0.15, 0.2) is 24.3 Å². The number of benzene rings is 2. The van der Waals surface area contributed by atoms with E-state index in [1.54, 1.807) is 0 Å². The summed E-state index contributed by atoms with van der Waals surface area (Å²) in [6.07, 6.45) is 10.4. The Bertz CT molecular complexity index is 764. The minimum Gasteiger partial charge on any atom is -0.511 e. The van der Waals surface area contributed by atoms with Crippen molar-refractivity contribution in [1.29, 1.82) is 0 Å². The highest BCUT2D eigenvalue weighted by Gasteiger charge is 2.23. The Balaban J connectivity index is 2.42. The van der Waals surface area contributed by atoms with Gasteiger partial charge in [-0.1, -0.05) is 76.6 Å². The van der Waals surface area contributed by atoms with E-state index in [4.69, 9.17) is 4.65 Å². The molecule has 0 amide bonds. The molecule has 0 aliphatic rings. The van der Waals surface area contributed by atoms with E-state index in [9.17, 15) is 20.1 Å². The third-order valence-corrected chi connectivity index (χ3v) is 5.45. The SMILES string of the molecule is CCCCCCc1ccc2c(B(O)O)c(CCCCCC)ccc2c1OB(O)O. The maximum atomic E-state index is 10.1. The lowest BCUT2D eigenvalue weighted by Gasteiger charge is -2.18. The molecule has 7 heteroatoms. The highest BCUT2D eigenvalue weighted by atomic mass is 16.6. The fourth-order valence-corrected chi connectivity index (χ4v) is 3.94. The van der Waals surface area contributed by atoms with E-state index < -0.39 is 14.4 Å². The van der Waals surface area contributed by atoms with Gasteiger partial charge >= 0.3 is 14.4 Å². The molecule has 0 unspecified atom stereocenters. The summed E-state index contributed by atoms with van der Waals surface area (Å²) in [5.41, 5.74) is 2.29. The Hall–Kier alpha value is -1.53. The summed E-state index contributed by atoms with van der Waals surface area (Å²) in [7, 11) is -3.52. The average molecular weight is 400 g/mol. The lowest BCUT2D eigenvalue weighted by Crippen LogP contribution is -2.34. The zero-order valence-electron chi connectivity index (χ0n) is 17.7. The van der Waals surface area contributed by atoms with Gasteiger partial charge in [-0.25, -0.2) is 0 Å². The van der Waals surface area contributed by atoms with Gasteiger partial charge in [-0.2, -0.15) is 0 Å². The number of rotatable bonds is 13. The normalized spacial score (nSPS) is 11.1. The van der Waals surface area contributed by atoms with Gasteiger partial charge in [0.2, 0.25) is 0 Å². The van der Waals surface area contributed by atoms with Crippen molar-refractivity contribution in [2.75, 3.05) is 0 Å². The van der Waals surface area contributed by atoms with Crippen LogP contribution < -0.4 is 10.1 Å². The second kappa shape index (κ2) is 12.2. The molecule has 0 saturated carbocycles. The molecule has 2 aromatic carbocycles. The lowest BCUT2D eigenvalue weighted by molar-refractivity contribution is 0.288. The third-order valence-electron chi connectivity index (χ3n) is 5.45. The van der Waals surface area contributed by atoms with E-state index in [1.165, 1.54) is 6.42 Å². The Kier molecular flexibility index (Phi) is 10.0. The average Bonchev–Trinajstić information content (AvgIpc) is 2.68. The van der Waals surface area contributed by atoms with Gasteiger partial charge in [-0.3, -0.25) is 0 Å². The molecule has 5 nitrogen and oxygen atoms in total. The fourth-order valence-electron chi connectivity index (χ4n) is 3.94. The van der Waals surface area contributed by atoms with Crippen LogP contribution in [0.3, 0.4) is 0 Å². The fraction of sp³-hybridized carbons (Fsp3) is 0.545. The molecule has 0 aromatic heterocycles. The van der Waals surface area contributed by atoms with E-state index in [2.05, 4.69) is 13.8 Å². The lowest BCUT2D eigenvalue weighted by atomic mass is 9.72. The molecule has 0 fully saturated rings. The van der Waals surface area contributed by atoms with E-state index in [0.29, 0.717) is 22.0 Å². The van der Waals surface area contributed by atoms with Crippen molar-refractivity contribution in [3.63, 3.8) is 0 Å². The molecule has 2 aromatic rings.